The maximum Gasteiger partial charge on any atom is 0.227 e. The third-order valence-corrected chi connectivity index (χ3v) is 5.61. The third-order valence-electron chi connectivity index (χ3n) is 5.61. The topological polar surface area (TPSA) is 58.8 Å². The zero-order chi connectivity index (χ0) is 18.3. The monoisotopic (exact) mass is 355 g/mol. The molecule has 1 unspecified atom stereocenters. The molecule has 2 fully saturated rings. The average molecular weight is 355 g/mol. The van der Waals surface area contributed by atoms with E-state index in [1.165, 1.54) is 0 Å². The first-order valence-electron chi connectivity index (χ1n) is 9.01. The Labute approximate surface area is 153 Å². The molecule has 26 heavy (non-hydrogen) atoms. The maximum atomic E-state index is 12.7. The molecule has 0 N–H and O–H groups in total. The zero-order valence-electron chi connectivity index (χ0n) is 15.6. The van der Waals surface area contributed by atoms with Gasteiger partial charge < -0.3 is 19.0 Å². The number of methoxy groups -OCH3 is 1. The summed E-state index contributed by atoms with van der Waals surface area (Å²) in [6.07, 6.45) is 2.19. The Morgan fingerprint density at radius 3 is 2.88 bits per heavy atom. The van der Waals surface area contributed by atoms with Crippen LogP contribution in [0.25, 0.3) is 0 Å². The molecule has 2 aliphatic heterocycles. The van der Waals surface area contributed by atoms with Crippen molar-refractivity contribution in [2.45, 2.75) is 19.3 Å². The van der Waals surface area contributed by atoms with E-state index in [0.29, 0.717) is 6.42 Å². The van der Waals surface area contributed by atoms with Crippen molar-refractivity contribution >= 4 is 5.91 Å². The van der Waals surface area contributed by atoms with Crippen LogP contribution in [0.2, 0.25) is 0 Å². The number of benzene rings is 1. The molecule has 1 atom stereocenters. The molecule has 138 valence electrons. The quantitative estimate of drug-likeness (QED) is 0.841. The minimum atomic E-state index is 0.0656. The summed E-state index contributed by atoms with van der Waals surface area (Å²) in [5, 5.41) is 0. The molecule has 3 heterocycles. The van der Waals surface area contributed by atoms with Crippen LogP contribution in [-0.2, 0) is 11.2 Å². The Morgan fingerprint density at radius 2 is 2.19 bits per heavy atom. The lowest BCUT2D eigenvalue weighted by atomic mass is 9.71. The van der Waals surface area contributed by atoms with E-state index in [-0.39, 0.29) is 17.2 Å². The van der Waals surface area contributed by atoms with Gasteiger partial charge in [0.1, 0.15) is 11.5 Å². The lowest BCUT2D eigenvalue weighted by Gasteiger charge is -2.50. The second kappa shape index (κ2) is 6.43. The van der Waals surface area contributed by atoms with Gasteiger partial charge in [-0.3, -0.25) is 4.79 Å². The number of aromatic nitrogens is 1. The molecule has 0 aliphatic carbocycles. The van der Waals surface area contributed by atoms with E-state index < -0.39 is 0 Å². The Morgan fingerprint density at radius 1 is 1.38 bits per heavy atom. The van der Waals surface area contributed by atoms with Gasteiger partial charge in [0, 0.05) is 31.6 Å². The molecule has 2 saturated heterocycles. The maximum absolute atomic E-state index is 12.7. The Bertz CT molecular complexity index is 810. The summed E-state index contributed by atoms with van der Waals surface area (Å²) >= 11 is 0. The average Bonchev–Trinajstić information content (AvgIpc) is 3.16. The van der Waals surface area contributed by atoms with Crippen molar-refractivity contribution in [3.8, 4) is 5.75 Å². The molecule has 0 radical (unpaired) electrons. The van der Waals surface area contributed by atoms with Crippen LogP contribution in [0, 0.1) is 12.3 Å². The van der Waals surface area contributed by atoms with E-state index in [0.717, 1.165) is 49.1 Å². The van der Waals surface area contributed by atoms with Crippen molar-refractivity contribution in [3.63, 3.8) is 0 Å². The van der Waals surface area contributed by atoms with Crippen LogP contribution in [0.1, 0.15) is 23.1 Å². The van der Waals surface area contributed by atoms with Crippen LogP contribution < -0.4 is 4.74 Å². The molecule has 1 aromatic heterocycles. The predicted octanol–water partition coefficient (Wildman–Crippen LogP) is 2.09. The van der Waals surface area contributed by atoms with Crippen LogP contribution in [0.15, 0.2) is 34.9 Å². The number of nitrogens with zero attached hydrogens (tertiary/aromatic N) is 3. The molecule has 0 saturated carbocycles. The zero-order valence-corrected chi connectivity index (χ0v) is 15.6. The van der Waals surface area contributed by atoms with E-state index >= 15 is 0 Å². The molecule has 0 bridgehead atoms. The molecular weight excluding hydrogens is 330 g/mol. The number of likely N-dealkylation sites (N-methyl/N-ethyl adjacent to an activating group) is 1. The van der Waals surface area contributed by atoms with Crippen molar-refractivity contribution in [2.24, 2.45) is 5.41 Å². The van der Waals surface area contributed by atoms with Crippen molar-refractivity contribution in [1.82, 2.24) is 14.8 Å². The fourth-order valence-corrected chi connectivity index (χ4v) is 4.37. The number of aryl methyl sites for hydroxylation is 1. The first-order valence-corrected chi connectivity index (χ1v) is 9.01. The fraction of sp³-hybridized carbons (Fsp3) is 0.500. The highest BCUT2D eigenvalue weighted by atomic mass is 16.5. The number of amides is 1. The van der Waals surface area contributed by atoms with Gasteiger partial charge in [0.05, 0.1) is 25.6 Å². The molecule has 1 amide bonds. The number of ether oxygens (including phenoxy) is 1. The van der Waals surface area contributed by atoms with E-state index in [1.54, 1.807) is 13.3 Å². The standard InChI is InChI=1S/C20H25N3O3/c1-14-9-21-19(26-14)17-10-22(2)11-20(17)12-23(13-20)18(24)8-15-5-4-6-16(7-15)25-3/h4-7,9,17H,8,10-13H2,1-3H3. The summed E-state index contributed by atoms with van der Waals surface area (Å²) < 4.78 is 11.1. The Balaban J connectivity index is 1.43. The molecule has 6 nitrogen and oxygen atoms in total. The lowest BCUT2D eigenvalue weighted by Crippen LogP contribution is -2.61. The summed E-state index contributed by atoms with van der Waals surface area (Å²) in [6.45, 7) is 5.37. The second-order valence-corrected chi connectivity index (χ2v) is 7.70. The smallest absolute Gasteiger partial charge is 0.227 e. The van der Waals surface area contributed by atoms with Gasteiger partial charge in [0.15, 0.2) is 5.89 Å². The SMILES string of the molecule is COc1cccc(CC(=O)N2CC3(CN(C)CC3c3ncc(C)o3)C2)c1. The predicted molar refractivity (Wildman–Crippen MR) is 97.2 cm³/mol. The summed E-state index contributed by atoms with van der Waals surface area (Å²) in [7, 11) is 3.76. The molecular formula is C20H25N3O3. The normalized spacial score (nSPS) is 21.8. The van der Waals surface area contributed by atoms with Gasteiger partial charge in [-0.2, -0.15) is 0 Å². The first kappa shape index (κ1) is 17.1. The van der Waals surface area contributed by atoms with Gasteiger partial charge in [-0.15, -0.1) is 0 Å². The van der Waals surface area contributed by atoms with E-state index in [9.17, 15) is 4.79 Å². The fourth-order valence-electron chi connectivity index (χ4n) is 4.37. The highest BCUT2D eigenvalue weighted by Crippen LogP contribution is 2.48. The highest BCUT2D eigenvalue weighted by molar-refractivity contribution is 5.80. The van der Waals surface area contributed by atoms with E-state index in [2.05, 4.69) is 16.9 Å². The molecule has 2 aliphatic rings. The summed E-state index contributed by atoms with van der Waals surface area (Å²) in [5.74, 6) is 2.86. The van der Waals surface area contributed by atoms with Gasteiger partial charge >= 0.3 is 0 Å². The number of hydrogen-bond acceptors (Lipinski definition) is 5. The van der Waals surface area contributed by atoms with Gasteiger partial charge in [-0.25, -0.2) is 4.98 Å². The van der Waals surface area contributed by atoms with Gasteiger partial charge in [0.2, 0.25) is 5.91 Å². The van der Waals surface area contributed by atoms with Crippen LogP contribution in [0.4, 0.5) is 0 Å². The number of likely N-dealkylation sites (tertiary alicyclic amines) is 2. The van der Waals surface area contributed by atoms with Gasteiger partial charge in [-0.05, 0) is 31.7 Å². The minimum Gasteiger partial charge on any atom is -0.497 e. The minimum absolute atomic E-state index is 0.0656. The second-order valence-electron chi connectivity index (χ2n) is 7.70. The number of rotatable bonds is 4. The molecule has 1 spiro atoms. The van der Waals surface area contributed by atoms with Crippen molar-refractivity contribution in [3.05, 3.63) is 47.7 Å². The molecule has 6 heteroatoms. The number of carbonyl (C=O) groups excluding carboxylic acids is 1. The van der Waals surface area contributed by atoms with Gasteiger partial charge in [-0.1, -0.05) is 12.1 Å². The van der Waals surface area contributed by atoms with Crippen LogP contribution in [0.5, 0.6) is 5.75 Å². The third kappa shape index (κ3) is 2.98. The van der Waals surface area contributed by atoms with Crippen molar-refractivity contribution < 1.29 is 13.9 Å². The van der Waals surface area contributed by atoms with E-state index in [1.807, 2.05) is 36.1 Å². The van der Waals surface area contributed by atoms with Crippen LogP contribution >= 0.6 is 0 Å². The van der Waals surface area contributed by atoms with Crippen LogP contribution in [0.3, 0.4) is 0 Å². The first-order chi connectivity index (χ1) is 12.5. The number of hydrogen-bond donors (Lipinski definition) is 0. The lowest BCUT2D eigenvalue weighted by molar-refractivity contribution is -0.143. The van der Waals surface area contributed by atoms with Crippen molar-refractivity contribution in [1.29, 1.82) is 0 Å². The molecule has 4 rings (SSSR count). The molecule has 1 aromatic carbocycles. The largest absolute Gasteiger partial charge is 0.497 e. The van der Waals surface area contributed by atoms with Crippen LogP contribution in [-0.4, -0.2) is 61.0 Å². The molecule has 2 aromatic rings. The van der Waals surface area contributed by atoms with Crippen molar-refractivity contribution in [2.75, 3.05) is 40.3 Å². The van der Waals surface area contributed by atoms with Gasteiger partial charge in [0.25, 0.3) is 0 Å². The highest BCUT2D eigenvalue weighted by Gasteiger charge is 2.56. The summed E-state index contributed by atoms with van der Waals surface area (Å²) in [6, 6.07) is 7.71. The number of oxazole rings is 1. The Kier molecular flexibility index (Phi) is 4.23. The van der Waals surface area contributed by atoms with E-state index in [4.69, 9.17) is 9.15 Å². The summed E-state index contributed by atoms with van der Waals surface area (Å²) in [4.78, 5) is 21.4. The summed E-state index contributed by atoms with van der Waals surface area (Å²) in [5.41, 5.74) is 1.05. The number of carbonyl (C=O) groups is 1. The Hall–Kier alpha value is -2.34.